The van der Waals surface area contributed by atoms with Crippen molar-refractivity contribution in [1.29, 1.82) is 0 Å². The lowest BCUT2D eigenvalue weighted by Gasteiger charge is -2.30. The van der Waals surface area contributed by atoms with Gasteiger partial charge in [0.25, 0.3) is 0 Å². The van der Waals surface area contributed by atoms with E-state index >= 15 is 0 Å². The van der Waals surface area contributed by atoms with Crippen molar-refractivity contribution >= 4 is 29.3 Å². The first kappa shape index (κ1) is 17.0. The summed E-state index contributed by atoms with van der Waals surface area (Å²) in [5, 5.41) is 6.51. The summed E-state index contributed by atoms with van der Waals surface area (Å²) in [5.41, 5.74) is 2.44. The van der Waals surface area contributed by atoms with Gasteiger partial charge in [-0.05, 0) is 36.3 Å². The van der Waals surface area contributed by atoms with Crippen LogP contribution in [0.15, 0.2) is 35.5 Å². The van der Waals surface area contributed by atoms with E-state index in [4.69, 9.17) is 17.0 Å². The van der Waals surface area contributed by atoms with E-state index in [0.29, 0.717) is 22.7 Å². The number of methoxy groups -OCH3 is 2. The molecule has 0 aromatic heterocycles. The van der Waals surface area contributed by atoms with E-state index in [1.807, 2.05) is 6.92 Å². The first-order valence-electron chi connectivity index (χ1n) is 7.09. The maximum Gasteiger partial charge on any atom is 0.337 e. The van der Waals surface area contributed by atoms with Gasteiger partial charge in [-0.1, -0.05) is 19.1 Å². The summed E-state index contributed by atoms with van der Waals surface area (Å²) in [7, 11) is 2.67. The predicted molar refractivity (Wildman–Crippen MR) is 88.7 cm³/mol. The quantitative estimate of drug-likeness (QED) is 0.642. The molecule has 1 heterocycles. The molecule has 1 aromatic carbocycles. The minimum Gasteiger partial charge on any atom is -0.466 e. The van der Waals surface area contributed by atoms with E-state index < -0.39 is 18.0 Å². The third kappa shape index (κ3) is 3.50. The lowest BCUT2D eigenvalue weighted by molar-refractivity contribution is -0.136. The average Bonchev–Trinajstić information content (AvgIpc) is 2.59. The number of esters is 2. The Morgan fingerprint density at radius 2 is 1.74 bits per heavy atom. The largest absolute Gasteiger partial charge is 0.466 e. The molecular weight excluding hydrogens is 316 g/mol. The maximum atomic E-state index is 12.2. The number of hydrogen-bond acceptors (Lipinski definition) is 5. The predicted octanol–water partition coefficient (Wildman–Crippen LogP) is 1.83. The van der Waals surface area contributed by atoms with Crippen molar-refractivity contribution < 1.29 is 19.1 Å². The van der Waals surface area contributed by atoms with E-state index in [2.05, 4.69) is 15.4 Å². The maximum absolute atomic E-state index is 12.2. The molecule has 0 aliphatic carbocycles. The smallest absolute Gasteiger partial charge is 0.337 e. The highest BCUT2D eigenvalue weighted by Gasteiger charge is 2.31. The molecule has 0 saturated heterocycles. The Bertz CT molecular complexity index is 667. The molecule has 0 amide bonds. The molecule has 2 rings (SSSR count). The molecule has 7 heteroatoms. The molecule has 1 aliphatic rings. The van der Waals surface area contributed by atoms with Crippen molar-refractivity contribution in [3.63, 3.8) is 0 Å². The van der Waals surface area contributed by atoms with Gasteiger partial charge in [-0.15, -0.1) is 0 Å². The second kappa shape index (κ2) is 7.23. The normalized spacial score (nSPS) is 17.2. The lowest BCUT2D eigenvalue weighted by atomic mass is 9.94. The second-order valence-corrected chi connectivity index (χ2v) is 5.29. The highest BCUT2D eigenvalue weighted by Crippen LogP contribution is 2.29. The van der Waals surface area contributed by atoms with Gasteiger partial charge in [0.15, 0.2) is 5.11 Å². The Morgan fingerprint density at radius 1 is 1.13 bits per heavy atom. The van der Waals surface area contributed by atoms with Gasteiger partial charge in [0.1, 0.15) is 0 Å². The number of thiocarbonyl (C=S) groups is 1. The minimum absolute atomic E-state index is 0.414. The molecule has 0 fully saturated rings. The highest BCUT2D eigenvalue weighted by atomic mass is 32.1. The molecule has 6 nitrogen and oxygen atoms in total. The molecule has 23 heavy (non-hydrogen) atoms. The van der Waals surface area contributed by atoms with Gasteiger partial charge in [-0.25, -0.2) is 9.59 Å². The zero-order chi connectivity index (χ0) is 17.0. The summed E-state index contributed by atoms with van der Waals surface area (Å²) >= 11 is 5.21. The van der Waals surface area contributed by atoms with Crippen molar-refractivity contribution in [3.05, 3.63) is 46.7 Å². The standard InChI is InChI=1S/C16H18N2O4S/c1-4-11-12(15(20)22-3)13(18-16(23)17-11)9-5-7-10(8-6-9)14(19)21-2/h5-8,13H,4H2,1-3H3,(H2,17,18,23). The van der Waals surface area contributed by atoms with Gasteiger partial charge in [0.2, 0.25) is 0 Å². The van der Waals surface area contributed by atoms with Crippen LogP contribution in [0.2, 0.25) is 0 Å². The van der Waals surface area contributed by atoms with Crippen LogP contribution in [0.5, 0.6) is 0 Å². The van der Waals surface area contributed by atoms with Crippen molar-refractivity contribution in [2.24, 2.45) is 0 Å². The van der Waals surface area contributed by atoms with Crippen LogP contribution in [0, 0.1) is 0 Å². The number of carbonyl (C=O) groups is 2. The molecular formula is C16H18N2O4S. The van der Waals surface area contributed by atoms with Gasteiger partial charge in [0.05, 0.1) is 31.4 Å². The lowest BCUT2D eigenvalue weighted by Crippen LogP contribution is -2.45. The Balaban J connectivity index is 2.44. The first-order valence-corrected chi connectivity index (χ1v) is 7.49. The minimum atomic E-state index is -0.433. The number of hydrogen-bond donors (Lipinski definition) is 2. The van der Waals surface area contributed by atoms with Gasteiger partial charge < -0.3 is 20.1 Å². The zero-order valence-corrected chi connectivity index (χ0v) is 14.0. The van der Waals surface area contributed by atoms with Gasteiger partial charge in [-0.3, -0.25) is 0 Å². The summed E-state index contributed by atoms with van der Waals surface area (Å²) in [6.45, 7) is 1.93. The molecule has 0 radical (unpaired) electrons. The Morgan fingerprint density at radius 3 is 2.26 bits per heavy atom. The third-order valence-electron chi connectivity index (χ3n) is 3.58. The van der Waals surface area contributed by atoms with Crippen LogP contribution in [0.25, 0.3) is 0 Å². The molecule has 0 spiro atoms. The summed E-state index contributed by atoms with van der Waals surface area (Å²) < 4.78 is 9.57. The fraction of sp³-hybridized carbons (Fsp3) is 0.312. The van der Waals surface area contributed by atoms with E-state index in [0.717, 1.165) is 11.3 Å². The van der Waals surface area contributed by atoms with E-state index in [1.54, 1.807) is 24.3 Å². The van der Waals surface area contributed by atoms with Crippen LogP contribution in [-0.4, -0.2) is 31.3 Å². The number of benzene rings is 1. The number of rotatable bonds is 4. The first-order chi connectivity index (χ1) is 11.0. The fourth-order valence-corrected chi connectivity index (χ4v) is 2.67. The average molecular weight is 334 g/mol. The molecule has 0 bridgehead atoms. The number of carbonyl (C=O) groups excluding carboxylic acids is 2. The van der Waals surface area contributed by atoms with Crippen molar-refractivity contribution in [3.8, 4) is 0 Å². The van der Waals surface area contributed by atoms with Gasteiger partial charge >= 0.3 is 11.9 Å². The van der Waals surface area contributed by atoms with Crippen LogP contribution in [-0.2, 0) is 14.3 Å². The number of allylic oxidation sites excluding steroid dienone is 1. The monoisotopic (exact) mass is 334 g/mol. The fourth-order valence-electron chi connectivity index (χ4n) is 2.43. The van der Waals surface area contributed by atoms with Crippen LogP contribution in [0.4, 0.5) is 0 Å². The van der Waals surface area contributed by atoms with Crippen LogP contribution < -0.4 is 10.6 Å². The van der Waals surface area contributed by atoms with E-state index in [1.165, 1.54) is 14.2 Å². The summed E-state index contributed by atoms with van der Waals surface area (Å²) in [6, 6.07) is 6.38. The Labute approximate surface area is 139 Å². The Hall–Kier alpha value is -2.41. The molecule has 1 aromatic rings. The van der Waals surface area contributed by atoms with Crippen LogP contribution >= 0.6 is 12.2 Å². The zero-order valence-electron chi connectivity index (χ0n) is 13.1. The van der Waals surface area contributed by atoms with Crippen LogP contribution in [0.1, 0.15) is 35.3 Å². The van der Waals surface area contributed by atoms with Crippen molar-refractivity contribution in [2.45, 2.75) is 19.4 Å². The van der Waals surface area contributed by atoms with Gasteiger partial charge in [0, 0.05) is 5.70 Å². The molecule has 0 saturated carbocycles. The number of nitrogens with one attached hydrogen (secondary N) is 2. The van der Waals surface area contributed by atoms with E-state index in [-0.39, 0.29) is 0 Å². The summed E-state index contributed by atoms with van der Waals surface area (Å²) in [6.07, 6.45) is 0.614. The second-order valence-electron chi connectivity index (χ2n) is 4.88. The number of ether oxygens (including phenoxy) is 2. The molecule has 122 valence electrons. The third-order valence-corrected chi connectivity index (χ3v) is 3.80. The molecule has 2 N–H and O–H groups in total. The van der Waals surface area contributed by atoms with E-state index in [9.17, 15) is 9.59 Å². The van der Waals surface area contributed by atoms with Crippen LogP contribution in [0.3, 0.4) is 0 Å². The Kier molecular flexibility index (Phi) is 5.33. The molecule has 1 atom stereocenters. The van der Waals surface area contributed by atoms with Crippen molar-refractivity contribution in [1.82, 2.24) is 10.6 Å². The highest BCUT2D eigenvalue weighted by molar-refractivity contribution is 7.80. The molecule has 1 aliphatic heterocycles. The summed E-state index contributed by atoms with van der Waals surface area (Å²) in [5.74, 6) is -0.838. The summed E-state index contributed by atoms with van der Waals surface area (Å²) in [4.78, 5) is 23.7. The SMILES string of the molecule is CCC1=C(C(=O)OC)C(c2ccc(C(=O)OC)cc2)NC(=S)N1. The molecule has 1 unspecified atom stereocenters. The van der Waals surface area contributed by atoms with Crippen molar-refractivity contribution in [2.75, 3.05) is 14.2 Å². The van der Waals surface area contributed by atoms with Gasteiger partial charge in [-0.2, -0.15) is 0 Å². The topological polar surface area (TPSA) is 76.7 Å².